The maximum Gasteiger partial charge on any atom is 0.310 e. The minimum atomic E-state index is -3.39. The van der Waals surface area contributed by atoms with Crippen LogP contribution < -0.4 is 0 Å². The second-order valence-corrected chi connectivity index (χ2v) is 5.75. The number of carbonyl (C=O) groups excluding carboxylic acids is 1. The normalized spacial score (nSPS) is 16.3. The molecular weight excluding hydrogens is 195 g/mol. The smallest absolute Gasteiger partial charge is 0.310 e. The molecule has 0 heterocycles. The monoisotopic (exact) mass is 209 g/mol. The molecule has 0 aromatic heterocycles. The molecule has 0 fully saturated rings. The van der Waals surface area contributed by atoms with Crippen LogP contribution >= 0.6 is 7.72 Å². The lowest BCUT2D eigenvalue weighted by Crippen LogP contribution is -2.26. The van der Waals surface area contributed by atoms with E-state index in [1.807, 2.05) is 0 Å². The first-order chi connectivity index (χ1) is 5.83. The van der Waals surface area contributed by atoms with Crippen LogP contribution in [0.4, 0.5) is 0 Å². The van der Waals surface area contributed by atoms with Gasteiger partial charge in [-0.05, 0) is 13.8 Å². The summed E-state index contributed by atoms with van der Waals surface area (Å²) in [6.07, 6.45) is 0.0324. The summed E-state index contributed by atoms with van der Waals surface area (Å²) in [5.41, 5.74) is -0.782. The first-order valence-corrected chi connectivity index (χ1v) is 5.77. The molecular formula is C7H14O5P+. The van der Waals surface area contributed by atoms with Crippen molar-refractivity contribution >= 4 is 20.0 Å². The van der Waals surface area contributed by atoms with Gasteiger partial charge in [0.25, 0.3) is 7.72 Å². The van der Waals surface area contributed by atoms with Crippen LogP contribution in [0.5, 0.6) is 0 Å². The highest BCUT2D eigenvalue weighted by atomic mass is 31.2. The van der Waals surface area contributed by atoms with E-state index >= 15 is 0 Å². The van der Waals surface area contributed by atoms with E-state index in [-0.39, 0.29) is 6.16 Å². The maximum atomic E-state index is 10.5. The van der Waals surface area contributed by atoms with Gasteiger partial charge in [0.15, 0.2) is 12.4 Å². The molecule has 0 aliphatic carbocycles. The van der Waals surface area contributed by atoms with Crippen molar-refractivity contribution in [3.05, 3.63) is 0 Å². The van der Waals surface area contributed by atoms with Crippen LogP contribution in [0.3, 0.4) is 0 Å². The lowest BCUT2D eigenvalue weighted by Gasteiger charge is -2.20. The van der Waals surface area contributed by atoms with Gasteiger partial charge in [-0.15, -0.1) is 0 Å². The average Bonchev–Trinajstić information content (AvgIpc) is 2.01. The van der Waals surface area contributed by atoms with Crippen LogP contribution in [0.1, 0.15) is 13.8 Å². The molecule has 13 heavy (non-hydrogen) atoms. The predicted molar refractivity (Wildman–Crippen MR) is 48.6 cm³/mol. The molecule has 0 saturated heterocycles. The van der Waals surface area contributed by atoms with Crippen LogP contribution in [0, 0.1) is 5.92 Å². The Hall–Kier alpha value is -0.510. The Bertz CT molecular complexity index is 203. The summed E-state index contributed by atoms with van der Waals surface area (Å²) < 4.78 is 0. The fraction of sp³-hybridized carbons (Fsp3) is 0.714. The zero-order chi connectivity index (χ0) is 10.6. The van der Waals surface area contributed by atoms with Crippen molar-refractivity contribution in [1.82, 2.24) is 0 Å². The maximum absolute atomic E-state index is 10.5. The van der Waals surface area contributed by atoms with Crippen molar-refractivity contribution in [3.8, 4) is 0 Å². The van der Waals surface area contributed by atoms with Gasteiger partial charge in [-0.1, -0.05) is 0 Å². The molecule has 2 atom stereocenters. The summed E-state index contributed by atoms with van der Waals surface area (Å²) in [6, 6.07) is 0. The van der Waals surface area contributed by atoms with Crippen molar-refractivity contribution < 1.29 is 24.5 Å². The van der Waals surface area contributed by atoms with Crippen LogP contribution in [0.2, 0.25) is 0 Å². The third-order valence-electron chi connectivity index (χ3n) is 2.11. The van der Waals surface area contributed by atoms with Gasteiger partial charge in [-0.25, -0.2) is 9.79 Å². The van der Waals surface area contributed by atoms with Gasteiger partial charge in [0.2, 0.25) is 0 Å². The summed E-state index contributed by atoms with van der Waals surface area (Å²) in [7, 11) is -3.39. The van der Waals surface area contributed by atoms with Gasteiger partial charge in [0.05, 0.1) is 5.92 Å². The number of carboxylic acids is 1. The lowest BCUT2D eigenvalue weighted by molar-refractivity contribution is -0.141. The molecule has 5 nitrogen and oxygen atoms in total. The molecule has 3 N–H and O–H groups in total. The molecule has 2 unspecified atom stereocenters. The zero-order valence-electron chi connectivity index (χ0n) is 7.54. The Morgan fingerprint density at radius 1 is 1.46 bits per heavy atom. The SMILES string of the molecule is CC(C(=O)O)C(C)[P+](O)(O)CC=O. The second-order valence-electron chi connectivity index (χ2n) is 3.00. The standard InChI is InChI=1S/C7H13O5P/c1-5(7(9)10)6(2)13(11,12)4-3-8/h3,5-6,11-12H,4H2,1-2H3/p+1. The van der Waals surface area contributed by atoms with Crippen LogP contribution in [-0.2, 0) is 9.59 Å². The Balaban J connectivity index is 4.46. The summed E-state index contributed by atoms with van der Waals surface area (Å²) in [4.78, 5) is 39.3. The third kappa shape index (κ3) is 3.38. The van der Waals surface area contributed by atoms with Gasteiger partial charge in [0.1, 0.15) is 5.66 Å². The number of aldehydes is 1. The molecule has 0 rings (SSSR count). The second kappa shape index (κ2) is 4.65. The van der Waals surface area contributed by atoms with Gasteiger partial charge >= 0.3 is 5.97 Å². The van der Waals surface area contributed by atoms with Gasteiger partial charge in [-0.3, -0.25) is 9.59 Å². The van der Waals surface area contributed by atoms with E-state index in [0.29, 0.717) is 6.29 Å². The fourth-order valence-electron chi connectivity index (χ4n) is 0.840. The Morgan fingerprint density at radius 3 is 2.23 bits per heavy atom. The first kappa shape index (κ1) is 12.5. The number of hydrogen-bond donors (Lipinski definition) is 3. The number of hydrogen-bond acceptors (Lipinski definition) is 4. The molecule has 0 aliphatic heterocycles. The molecule has 0 radical (unpaired) electrons. The van der Waals surface area contributed by atoms with Crippen LogP contribution in [0.25, 0.3) is 0 Å². The Labute approximate surface area is 76.9 Å². The third-order valence-corrected chi connectivity index (χ3v) is 4.55. The van der Waals surface area contributed by atoms with Crippen molar-refractivity contribution in [2.45, 2.75) is 19.5 Å². The fourth-order valence-corrected chi connectivity index (χ4v) is 2.24. The lowest BCUT2D eigenvalue weighted by atomic mass is 10.1. The summed E-state index contributed by atoms with van der Waals surface area (Å²) in [5.74, 6) is -1.95. The van der Waals surface area contributed by atoms with Gasteiger partial charge < -0.3 is 5.11 Å². The number of rotatable bonds is 5. The van der Waals surface area contributed by atoms with E-state index in [4.69, 9.17) is 5.11 Å². The number of carboxylic acid groups (broad SMARTS) is 1. The Morgan fingerprint density at radius 2 is 1.92 bits per heavy atom. The summed E-state index contributed by atoms with van der Waals surface area (Å²) >= 11 is 0. The van der Waals surface area contributed by atoms with E-state index in [2.05, 4.69) is 0 Å². The van der Waals surface area contributed by atoms with E-state index in [1.165, 1.54) is 13.8 Å². The predicted octanol–water partition coefficient (Wildman–Crippen LogP) is 0.127. The molecule has 0 saturated carbocycles. The summed E-state index contributed by atoms with van der Waals surface area (Å²) in [5, 5.41) is 8.59. The van der Waals surface area contributed by atoms with E-state index < -0.39 is 25.3 Å². The quantitative estimate of drug-likeness (QED) is 0.441. The average molecular weight is 209 g/mol. The molecule has 0 aliphatic rings. The van der Waals surface area contributed by atoms with Crippen molar-refractivity contribution in [3.63, 3.8) is 0 Å². The van der Waals surface area contributed by atoms with E-state index in [0.717, 1.165) is 0 Å². The van der Waals surface area contributed by atoms with Crippen LogP contribution in [-0.4, -0.2) is 39.0 Å². The van der Waals surface area contributed by atoms with Crippen LogP contribution in [0.15, 0.2) is 0 Å². The minimum Gasteiger partial charge on any atom is -0.481 e. The van der Waals surface area contributed by atoms with Crippen molar-refractivity contribution in [2.24, 2.45) is 5.92 Å². The number of carbonyl (C=O) groups is 2. The Kier molecular flexibility index (Phi) is 4.47. The summed E-state index contributed by atoms with van der Waals surface area (Å²) in [6.45, 7) is 2.81. The molecule has 0 aromatic rings. The molecule has 6 heteroatoms. The largest absolute Gasteiger partial charge is 0.481 e. The van der Waals surface area contributed by atoms with E-state index in [9.17, 15) is 19.4 Å². The first-order valence-electron chi connectivity index (χ1n) is 3.82. The molecule has 0 aromatic carbocycles. The highest BCUT2D eigenvalue weighted by Crippen LogP contribution is 2.56. The highest BCUT2D eigenvalue weighted by Gasteiger charge is 2.45. The highest BCUT2D eigenvalue weighted by molar-refractivity contribution is 7.66. The van der Waals surface area contributed by atoms with Gasteiger partial charge in [-0.2, -0.15) is 0 Å². The zero-order valence-corrected chi connectivity index (χ0v) is 8.44. The topological polar surface area (TPSA) is 94.8 Å². The van der Waals surface area contributed by atoms with Crippen molar-refractivity contribution in [2.75, 3.05) is 6.16 Å². The minimum absolute atomic E-state index is 0.369. The molecule has 0 bridgehead atoms. The van der Waals surface area contributed by atoms with Gasteiger partial charge in [0, 0.05) is 0 Å². The number of aliphatic carboxylic acids is 1. The molecule has 76 valence electrons. The molecule has 0 amide bonds. The van der Waals surface area contributed by atoms with E-state index in [1.54, 1.807) is 0 Å². The van der Waals surface area contributed by atoms with Crippen molar-refractivity contribution in [1.29, 1.82) is 0 Å². The molecule has 0 spiro atoms.